The van der Waals surface area contributed by atoms with Crippen LogP contribution < -0.4 is 0 Å². The van der Waals surface area contributed by atoms with Gasteiger partial charge in [0.15, 0.2) is 11.5 Å². The maximum absolute atomic E-state index is 6.06. The van der Waals surface area contributed by atoms with Gasteiger partial charge in [0.2, 0.25) is 5.89 Å². The average molecular weight is 321 g/mol. The van der Waals surface area contributed by atoms with Gasteiger partial charge in [-0.3, -0.25) is 0 Å². The van der Waals surface area contributed by atoms with E-state index in [1.807, 2.05) is 91.0 Å². The second kappa shape index (κ2) is 6.90. The minimum atomic E-state index is 0.580. The van der Waals surface area contributed by atoms with Crippen molar-refractivity contribution in [2.24, 2.45) is 0 Å². The molecule has 2 heteroatoms. The predicted octanol–water partition coefficient (Wildman–Crippen LogP) is 5.41. The SMILES string of the molecule is C(#Cc1nc(-c2ccccc2)oc1-c1ccccc1)c1ccccc1. The fourth-order valence-corrected chi connectivity index (χ4v) is 2.55. The van der Waals surface area contributed by atoms with Crippen LogP contribution in [0.2, 0.25) is 0 Å². The fourth-order valence-electron chi connectivity index (χ4n) is 2.55. The first-order chi connectivity index (χ1) is 12.4. The quantitative estimate of drug-likeness (QED) is 0.461. The molecule has 0 saturated carbocycles. The highest BCUT2D eigenvalue weighted by molar-refractivity contribution is 5.67. The molecule has 0 atom stereocenters. The Labute approximate surface area is 146 Å². The van der Waals surface area contributed by atoms with E-state index in [0.717, 1.165) is 16.7 Å². The van der Waals surface area contributed by atoms with Crippen LogP contribution in [0.3, 0.4) is 0 Å². The van der Waals surface area contributed by atoms with E-state index in [1.54, 1.807) is 0 Å². The van der Waals surface area contributed by atoms with Gasteiger partial charge in [-0.2, -0.15) is 4.98 Å². The van der Waals surface area contributed by atoms with Crippen LogP contribution in [-0.2, 0) is 0 Å². The molecular weight excluding hydrogens is 306 g/mol. The first-order valence-corrected chi connectivity index (χ1v) is 8.09. The van der Waals surface area contributed by atoms with Crippen LogP contribution >= 0.6 is 0 Å². The van der Waals surface area contributed by atoms with Crippen molar-refractivity contribution in [1.29, 1.82) is 0 Å². The molecule has 0 fully saturated rings. The highest BCUT2D eigenvalue weighted by Crippen LogP contribution is 2.29. The molecule has 0 aliphatic carbocycles. The molecule has 0 bridgehead atoms. The van der Waals surface area contributed by atoms with Crippen molar-refractivity contribution in [3.05, 3.63) is 102 Å². The standard InChI is InChI=1S/C23H15NO/c1-4-10-18(11-5-1)16-17-21-22(19-12-6-2-7-13-19)25-23(24-21)20-14-8-3-9-15-20/h1-15H. The van der Waals surface area contributed by atoms with Crippen molar-refractivity contribution in [3.63, 3.8) is 0 Å². The van der Waals surface area contributed by atoms with Crippen LogP contribution in [0.1, 0.15) is 11.3 Å². The summed E-state index contributed by atoms with van der Waals surface area (Å²) in [7, 11) is 0. The van der Waals surface area contributed by atoms with Gasteiger partial charge in [0, 0.05) is 16.7 Å². The third-order valence-electron chi connectivity index (χ3n) is 3.78. The first kappa shape index (κ1) is 15.0. The van der Waals surface area contributed by atoms with Gasteiger partial charge in [-0.1, -0.05) is 72.7 Å². The Balaban J connectivity index is 1.82. The molecule has 0 radical (unpaired) electrons. The normalized spacial score (nSPS) is 10.1. The van der Waals surface area contributed by atoms with Crippen LogP contribution in [0.4, 0.5) is 0 Å². The molecule has 3 aromatic carbocycles. The number of rotatable bonds is 2. The second-order valence-corrected chi connectivity index (χ2v) is 5.54. The van der Waals surface area contributed by atoms with Crippen LogP contribution in [0.25, 0.3) is 22.8 Å². The van der Waals surface area contributed by atoms with Gasteiger partial charge in [0.1, 0.15) is 0 Å². The van der Waals surface area contributed by atoms with E-state index < -0.39 is 0 Å². The summed E-state index contributed by atoms with van der Waals surface area (Å²) in [6.45, 7) is 0. The molecule has 1 heterocycles. The van der Waals surface area contributed by atoms with E-state index in [0.29, 0.717) is 17.3 Å². The van der Waals surface area contributed by atoms with Gasteiger partial charge in [-0.25, -0.2) is 0 Å². The lowest BCUT2D eigenvalue weighted by molar-refractivity contribution is 0.588. The fraction of sp³-hybridized carbons (Fsp3) is 0. The van der Waals surface area contributed by atoms with E-state index in [1.165, 1.54) is 0 Å². The van der Waals surface area contributed by atoms with Gasteiger partial charge in [0.05, 0.1) is 0 Å². The maximum Gasteiger partial charge on any atom is 0.228 e. The zero-order chi connectivity index (χ0) is 16.9. The van der Waals surface area contributed by atoms with E-state index >= 15 is 0 Å². The van der Waals surface area contributed by atoms with Crippen LogP contribution in [0.15, 0.2) is 95.4 Å². The molecule has 1 aromatic heterocycles. The lowest BCUT2D eigenvalue weighted by atomic mass is 10.1. The molecule has 0 aliphatic rings. The van der Waals surface area contributed by atoms with Crippen molar-refractivity contribution in [3.8, 4) is 34.6 Å². The van der Waals surface area contributed by atoms with E-state index in [2.05, 4.69) is 16.8 Å². The third kappa shape index (κ3) is 3.36. The topological polar surface area (TPSA) is 26.0 Å². The summed E-state index contributed by atoms with van der Waals surface area (Å²) in [6, 6.07) is 29.7. The highest BCUT2D eigenvalue weighted by Gasteiger charge is 2.14. The number of hydrogen-bond donors (Lipinski definition) is 0. The summed E-state index contributed by atoms with van der Waals surface area (Å²) in [5.41, 5.74) is 3.50. The molecule has 4 rings (SSSR count). The predicted molar refractivity (Wildman–Crippen MR) is 99.8 cm³/mol. The largest absolute Gasteiger partial charge is 0.435 e. The van der Waals surface area contributed by atoms with Crippen LogP contribution in [0.5, 0.6) is 0 Å². The number of benzene rings is 3. The Kier molecular flexibility index (Phi) is 4.14. The molecule has 0 N–H and O–H groups in total. The van der Waals surface area contributed by atoms with Gasteiger partial charge >= 0.3 is 0 Å². The molecular formula is C23H15NO. The Morgan fingerprint density at radius 3 is 1.80 bits per heavy atom. The molecule has 0 saturated heterocycles. The number of aromatic nitrogens is 1. The summed E-state index contributed by atoms with van der Waals surface area (Å²) in [4.78, 5) is 4.63. The van der Waals surface area contributed by atoms with Crippen molar-refractivity contribution < 1.29 is 4.42 Å². The maximum atomic E-state index is 6.06. The van der Waals surface area contributed by atoms with Gasteiger partial charge < -0.3 is 4.42 Å². The van der Waals surface area contributed by atoms with Crippen molar-refractivity contribution in [2.45, 2.75) is 0 Å². The third-order valence-corrected chi connectivity index (χ3v) is 3.78. The van der Waals surface area contributed by atoms with Gasteiger partial charge in [-0.05, 0) is 30.2 Å². The Hall–Kier alpha value is -3.57. The molecule has 4 aromatic rings. The van der Waals surface area contributed by atoms with E-state index in [-0.39, 0.29) is 0 Å². The molecule has 0 unspecified atom stereocenters. The zero-order valence-electron chi connectivity index (χ0n) is 13.5. The molecule has 118 valence electrons. The summed E-state index contributed by atoms with van der Waals surface area (Å²) in [5, 5.41) is 0. The molecule has 0 amide bonds. The summed E-state index contributed by atoms with van der Waals surface area (Å²) >= 11 is 0. The Bertz CT molecular complexity index is 1020. The Morgan fingerprint density at radius 1 is 0.600 bits per heavy atom. The molecule has 0 spiro atoms. The smallest absolute Gasteiger partial charge is 0.228 e. The van der Waals surface area contributed by atoms with Gasteiger partial charge in [0.25, 0.3) is 0 Å². The number of oxazole rings is 1. The minimum absolute atomic E-state index is 0.580. The van der Waals surface area contributed by atoms with Crippen molar-refractivity contribution >= 4 is 0 Å². The van der Waals surface area contributed by atoms with Crippen LogP contribution in [0, 0.1) is 11.8 Å². The van der Waals surface area contributed by atoms with Crippen molar-refractivity contribution in [2.75, 3.05) is 0 Å². The van der Waals surface area contributed by atoms with Crippen molar-refractivity contribution in [1.82, 2.24) is 4.98 Å². The van der Waals surface area contributed by atoms with Gasteiger partial charge in [-0.15, -0.1) is 0 Å². The number of hydrogen-bond acceptors (Lipinski definition) is 2. The lowest BCUT2D eigenvalue weighted by Gasteiger charge is -1.96. The van der Waals surface area contributed by atoms with E-state index in [4.69, 9.17) is 4.42 Å². The minimum Gasteiger partial charge on any atom is -0.435 e. The number of nitrogens with zero attached hydrogens (tertiary/aromatic N) is 1. The monoisotopic (exact) mass is 321 g/mol. The zero-order valence-corrected chi connectivity index (χ0v) is 13.5. The first-order valence-electron chi connectivity index (χ1n) is 8.09. The second-order valence-electron chi connectivity index (χ2n) is 5.54. The molecule has 0 aliphatic heterocycles. The summed E-state index contributed by atoms with van der Waals surface area (Å²) in [6.07, 6.45) is 0. The van der Waals surface area contributed by atoms with Crippen LogP contribution in [-0.4, -0.2) is 4.98 Å². The Morgan fingerprint density at radius 2 is 1.16 bits per heavy atom. The average Bonchev–Trinajstić information content (AvgIpc) is 3.13. The molecule has 2 nitrogen and oxygen atoms in total. The van der Waals surface area contributed by atoms with E-state index in [9.17, 15) is 0 Å². The highest BCUT2D eigenvalue weighted by atomic mass is 16.4. The summed E-state index contributed by atoms with van der Waals surface area (Å²) < 4.78 is 6.06. The molecule has 25 heavy (non-hydrogen) atoms. The summed E-state index contributed by atoms with van der Waals surface area (Å²) in [5.74, 6) is 7.60. The lowest BCUT2D eigenvalue weighted by Crippen LogP contribution is -1.81.